The highest BCUT2D eigenvalue weighted by Gasteiger charge is 2.08. The Bertz CT molecular complexity index is 532. The van der Waals surface area contributed by atoms with Crippen LogP contribution in [0.5, 0.6) is 11.5 Å². The smallest absolute Gasteiger partial charge is 0.178 e. The Balaban J connectivity index is 2.27. The predicted molar refractivity (Wildman–Crippen MR) is 66.2 cm³/mol. The third-order valence-corrected chi connectivity index (χ3v) is 2.73. The normalized spacial score (nSPS) is 10.8. The van der Waals surface area contributed by atoms with Crippen LogP contribution in [-0.4, -0.2) is 20.4 Å². The molecule has 94 valence electrons. The largest absolute Gasteiger partial charge is 0.508 e. The van der Waals surface area contributed by atoms with E-state index in [4.69, 9.17) is 10.2 Å². The monoisotopic (exact) mass is 246 g/mol. The van der Waals surface area contributed by atoms with Crippen molar-refractivity contribution >= 4 is 0 Å². The van der Waals surface area contributed by atoms with Gasteiger partial charge in [-0.05, 0) is 35.4 Å². The van der Waals surface area contributed by atoms with Crippen molar-refractivity contribution in [3.05, 3.63) is 59.2 Å². The average Bonchev–Trinajstić information content (AvgIpc) is 2.34. The molecule has 2 aromatic carbocycles. The van der Waals surface area contributed by atoms with Gasteiger partial charge in [-0.2, -0.15) is 0 Å². The molecular weight excluding hydrogens is 232 g/mol. The van der Waals surface area contributed by atoms with Crippen LogP contribution >= 0.6 is 0 Å². The maximum Gasteiger partial charge on any atom is 0.178 e. The number of phenols is 2. The van der Waals surface area contributed by atoms with Gasteiger partial charge in [0.05, 0.1) is 0 Å². The number of aliphatic hydroxyl groups is 2. The van der Waals surface area contributed by atoms with Gasteiger partial charge in [-0.3, -0.25) is 0 Å². The topological polar surface area (TPSA) is 80.9 Å². The van der Waals surface area contributed by atoms with E-state index in [9.17, 15) is 10.2 Å². The van der Waals surface area contributed by atoms with Crippen LogP contribution in [0.1, 0.15) is 23.0 Å². The number of phenolic OH excluding ortho intramolecular Hbond substituents is 2. The summed E-state index contributed by atoms with van der Waals surface area (Å²) in [6.07, 6.45) is -1.10. The van der Waals surface area contributed by atoms with E-state index in [1.165, 1.54) is 12.1 Å². The molecule has 0 spiro atoms. The van der Waals surface area contributed by atoms with E-state index in [-0.39, 0.29) is 11.5 Å². The van der Waals surface area contributed by atoms with Gasteiger partial charge in [0.25, 0.3) is 0 Å². The van der Waals surface area contributed by atoms with E-state index < -0.39 is 6.29 Å². The van der Waals surface area contributed by atoms with Crippen molar-refractivity contribution in [2.24, 2.45) is 0 Å². The summed E-state index contributed by atoms with van der Waals surface area (Å²) >= 11 is 0. The maximum atomic E-state index is 9.72. The maximum absolute atomic E-state index is 9.72. The van der Waals surface area contributed by atoms with Crippen LogP contribution < -0.4 is 0 Å². The zero-order valence-electron chi connectivity index (χ0n) is 9.61. The molecule has 0 radical (unpaired) electrons. The minimum absolute atomic E-state index is 0.104. The summed E-state index contributed by atoms with van der Waals surface area (Å²) in [5.74, 6) is 0.287. The third kappa shape index (κ3) is 2.80. The zero-order chi connectivity index (χ0) is 13.1. The van der Waals surface area contributed by atoms with E-state index in [1.54, 1.807) is 30.3 Å². The van der Waals surface area contributed by atoms with Crippen LogP contribution in [0.4, 0.5) is 0 Å². The van der Waals surface area contributed by atoms with Gasteiger partial charge >= 0.3 is 0 Å². The third-order valence-electron chi connectivity index (χ3n) is 2.73. The van der Waals surface area contributed by atoms with Crippen LogP contribution in [0.2, 0.25) is 0 Å². The first-order chi connectivity index (χ1) is 8.56. The summed E-state index contributed by atoms with van der Waals surface area (Å²) in [6.45, 7) is 0. The minimum Gasteiger partial charge on any atom is -0.508 e. The lowest BCUT2D eigenvalue weighted by atomic mass is 10.0. The molecule has 0 atom stereocenters. The molecule has 2 aromatic rings. The van der Waals surface area contributed by atoms with E-state index in [0.29, 0.717) is 17.5 Å². The fourth-order valence-electron chi connectivity index (χ4n) is 1.74. The van der Waals surface area contributed by atoms with Gasteiger partial charge in [0.1, 0.15) is 11.5 Å². The van der Waals surface area contributed by atoms with Crippen molar-refractivity contribution in [2.75, 3.05) is 0 Å². The molecule has 0 saturated carbocycles. The van der Waals surface area contributed by atoms with Crippen molar-refractivity contribution in [2.45, 2.75) is 12.7 Å². The van der Waals surface area contributed by atoms with Crippen molar-refractivity contribution in [3.8, 4) is 11.5 Å². The SMILES string of the molecule is Oc1ccc(Cc2cc(C(O)O)ccc2O)cc1. The van der Waals surface area contributed by atoms with Crippen molar-refractivity contribution in [1.82, 2.24) is 0 Å². The highest BCUT2D eigenvalue weighted by atomic mass is 16.5. The predicted octanol–water partition coefficient (Wildman–Crippen LogP) is 1.67. The molecule has 0 aliphatic heterocycles. The standard InChI is InChI=1S/C14H14O4/c15-12-4-1-9(2-5-12)7-11-8-10(14(17)18)3-6-13(11)16/h1-6,8,14-18H,7H2. The second-order valence-electron chi connectivity index (χ2n) is 4.11. The number of benzene rings is 2. The Labute approximate surface area is 104 Å². The molecule has 0 bridgehead atoms. The summed E-state index contributed by atoms with van der Waals surface area (Å²) in [6, 6.07) is 11.1. The van der Waals surface area contributed by atoms with Gasteiger partial charge in [-0.1, -0.05) is 18.2 Å². The number of hydrogen-bond acceptors (Lipinski definition) is 4. The van der Waals surface area contributed by atoms with Gasteiger partial charge in [0.2, 0.25) is 0 Å². The van der Waals surface area contributed by atoms with Crippen LogP contribution in [0.25, 0.3) is 0 Å². The molecule has 0 saturated heterocycles. The molecule has 0 heterocycles. The quantitative estimate of drug-likeness (QED) is 0.621. The number of aliphatic hydroxyl groups excluding tert-OH is 1. The molecule has 0 aliphatic rings. The van der Waals surface area contributed by atoms with Gasteiger partial charge < -0.3 is 20.4 Å². The fraction of sp³-hybridized carbons (Fsp3) is 0.143. The Kier molecular flexibility index (Phi) is 3.50. The van der Waals surface area contributed by atoms with E-state index in [0.717, 1.165) is 5.56 Å². The van der Waals surface area contributed by atoms with Crippen molar-refractivity contribution < 1.29 is 20.4 Å². The minimum atomic E-state index is -1.55. The Morgan fingerprint density at radius 1 is 0.889 bits per heavy atom. The first-order valence-corrected chi connectivity index (χ1v) is 5.52. The lowest BCUT2D eigenvalue weighted by Crippen LogP contribution is -1.97. The highest BCUT2D eigenvalue weighted by Crippen LogP contribution is 2.24. The van der Waals surface area contributed by atoms with Gasteiger partial charge in [-0.15, -0.1) is 0 Å². The van der Waals surface area contributed by atoms with Gasteiger partial charge in [0, 0.05) is 12.0 Å². The first-order valence-electron chi connectivity index (χ1n) is 5.52. The Hall–Kier alpha value is -2.04. The average molecular weight is 246 g/mol. The molecule has 0 unspecified atom stereocenters. The number of aromatic hydroxyl groups is 2. The molecule has 0 aromatic heterocycles. The fourth-order valence-corrected chi connectivity index (χ4v) is 1.74. The molecule has 4 heteroatoms. The van der Waals surface area contributed by atoms with Crippen LogP contribution in [0, 0.1) is 0 Å². The molecule has 0 amide bonds. The van der Waals surface area contributed by atoms with Crippen LogP contribution in [-0.2, 0) is 6.42 Å². The molecule has 4 nitrogen and oxygen atoms in total. The van der Waals surface area contributed by atoms with Crippen molar-refractivity contribution in [1.29, 1.82) is 0 Å². The van der Waals surface area contributed by atoms with Crippen molar-refractivity contribution in [3.63, 3.8) is 0 Å². The van der Waals surface area contributed by atoms with Crippen LogP contribution in [0.15, 0.2) is 42.5 Å². The molecule has 0 fully saturated rings. The summed E-state index contributed by atoms with van der Waals surface area (Å²) in [7, 11) is 0. The second kappa shape index (κ2) is 5.08. The Morgan fingerprint density at radius 2 is 1.56 bits per heavy atom. The summed E-state index contributed by atoms with van der Waals surface area (Å²) in [5.41, 5.74) is 1.85. The van der Waals surface area contributed by atoms with E-state index >= 15 is 0 Å². The van der Waals surface area contributed by atoms with Crippen LogP contribution in [0.3, 0.4) is 0 Å². The molecule has 0 aliphatic carbocycles. The summed E-state index contributed by atoms with van der Waals surface area (Å²) in [4.78, 5) is 0. The summed E-state index contributed by atoms with van der Waals surface area (Å²) in [5, 5.41) is 37.1. The molecule has 2 rings (SSSR count). The zero-order valence-corrected chi connectivity index (χ0v) is 9.61. The molecule has 4 N–H and O–H groups in total. The lowest BCUT2D eigenvalue weighted by Gasteiger charge is -2.09. The number of rotatable bonds is 3. The summed E-state index contributed by atoms with van der Waals surface area (Å²) < 4.78 is 0. The van der Waals surface area contributed by atoms with Gasteiger partial charge in [0.15, 0.2) is 6.29 Å². The number of hydrogen-bond donors (Lipinski definition) is 4. The highest BCUT2D eigenvalue weighted by molar-refractivity contribution is 5.40. The van der Waals surface area contributed by atoms with E-state index in [1.807, 2.05) is 0 Å². The van der Waals surface area contributed by atoms with Gasteiger partial charge in [-0.25, -0.2) is 0 Å². The molecule has 18 heavy (non-hydrogen) atoms. The second-order valence-corrected chi connectivity index (χ2v) is 4.11. The Morgan fingerprint density at radius 3 is 2.17 bits per heavy atom. The van der Waals surface area contributed by atoms with E-state index in [2.05, 4.69) is 0 Å². The molecular formula is C14H14O4. The first kappa shape index (κ1) is 12.4. The lowest BCUT2D eigenvalue weighted by molar-refractivity contribution is -0.0425.